The summed E-state index contributed by atoms with van der Waals surface area (Å²) >= 11 is 0. The molecular weight excluding hydrogens is 216 g/mol. The molecule has 0 bridgehead atoms. The molecule has 0 atom stereocenters. The fourth-order valence-corrected chi connectivity index (χ4v) is 2.18. The highest BCUT2D eigenvalue weighted by Gasteiger charge is 2.21. The molecule has 0 unspecified atom stereocenters. The van der Waals surface area contributed by atoms with E-state index in [4.69, 9.17) is 0 Å². The lowest BCUT2D eigenvalue weighted by atomic mass is 9.97. The molecule has 4 heteroatoms. The van der Waals surface area contributed by atoms with Crippen molar-refractivity contribution in [1.29, 1.82) is 0 Å². The van der Waals surface area contributed by atoms with E-state index >= 15 is 0 Å². The van der Waals surface area contributed by atoms with Gasteiger partial charge in [-0.05, 0) is 25.8 Å². The van der Waals surface area contributed by atoms with Crippen molar-refractivity contribution in [2.45, 2.75) is 32.7 Å². The van der Waals surface area contributed by atoms with E-state index in [0.717, 1.165) is 24.1 Å². The summed E-state index contributed by atoms with van der Waals surface area (Å²) < 4.78 is 1.92. The zero-order chi connectivity index (χ0) is 12.4. The molecule has 1 heterocycles. The largest absolute Gasteiger partial charge is 0.344 e. The van der Waals surface area contributed by atoms with Crippen molar-refractivity contribution in [3.8, 4) is 0 Å². The van der Waals surface area contributed by atoms with Crippen LogP contribution >= 0.6 is 0 Å². The Labute approximate surface area is 101 Å². The third kappa shape index (κ3) is 2.25. The molecule has 0 aromatic carbocycles. The minimum Gasteiger partial charge on any atom is -0.344 e. The molecule has 0 spiro atoms. The Balaban J connectivity index is 2.18. The van der Waals surface area contributed by atoms with Gasteiger partial charge in [-0.25, -0.2) is 0 Å². The maximum atomic E-state index is 11.8. The zero-order valence-electron chi connectivity index (χ0n) is 10.4. The highest BCUT2D eigenvalue weighted by atomic mass is 16.2. The number of hydrogen-bond donors (Lipinski definition) is 0. The first-order valence-corrected chi connectivity index (χ1v) is 6.08. The fourth-order valence-electron chi connectivity index (χ4n) is 2.18. The predicted octanol–water partition coefficient (Wildman–Crippen LogP) is 1.49. The van der Waals surface area contributed by atoms with Gasteiger partial charge in [-0.3, -0.25) is 9.59 Å². The molecule has 0 N–H and O–H groups in total. The van der Waals surface area contributed by atoms with E-state index in [-0.39, 0.29) is 11.7 Å². The molecule has 0 radical (unpaired) electrons. The highest BCUT2D eigenvalue weighted by molar-refractivity contribution is 5.98. The second kappa shape index (κ2) is 4.73. The number of hydrogen-bond acceptors (Lipinski definition) is 2. The number of Topliss-reactive ketones (excluding diaryl/α,β-unsaturated/α-hetero) is 1. The Morgan fingerprint density at radius 1 is 1.47 bits per heavy atom. The fraction of sp³-hybridized carbons (Fsp3) is 0.538. The first kappa shape index (κ1) is 11.9. The third-order valence-corrected chi connectivity index (χ3v) is 3.40. The van der Waals surface area contributed by atoms with Gasteiger partial charge in [0.05, 0.1) is 0 Å². The number of carbonyl (C=O) groups is 2. The number of aromatic nitrogens is 1. The molecule has 0 saturated heterocycles. The van der Waals surface area contributed by atoms with Crippen LogP contribution in [0.15, 0.2) is 12.3 Å². The van der Waals surface area contributed by atoms with Crippen LogP contribution in [0.2, 0.25) is 0 Å². The lowest BCUT2D eigenvalue weighted by Gasteiger charge is -2.18. The van der Waals surface area contributed by atoms with Crippen molar-refractivity contribution >= 4 is 11.7 Å². The number of likely N-dealkylation sites (N-methyl/N-ethyl adjacent to an activating group) is 1. The quantitative estimate of drug-likeness (QED) is 0.795. The van der Waals surface area contributed by atoms with E-state index in [1.165, 1.54) is 0 Å². The topological polar surface area (TPSA) is 42.3 Å². The standard InChI is InChI=1S/C13H18N2O2/c1-3-14(2)13(17)9-15-8-7-10-11(15)5-4-6-12(10)16/h7-8H,3-6,9H2,1-2H3. The Kier molecular flexibility index (Phi) is 3.31. The molecule has 2 rings (SSSR count). The van der Waals surface area contributed by atoms with Crippen LogP contribution in [-0.2, 0) is 17.8 Å². The SMILES string of the molecule is CCN(C)C(=O)Cn1ccc2c1CCCC2=O. The summed E-state index contributed by atoms with van der Waals surface area (Å²) in [6, 6.07) is 1.84. The first-order valence-electron chi connectivity index (χ1n) is 6.08. The van der Waals surface area contributed by atoms with E-state index < -0.39 is 0 Å². The van der Waals surface area contributed by atoms with Crippen LogP contribution in [0.1, 0.15) is 35.8 Å². The molecule has 1 aromatic rings. The second-order valence-corrected chi connectivity index (χ2v) is 4.49. The minimum atomic E-state index is 0.0870. The highest BCUT2D eigenvalue weighted by Crippen LogP contribution is 2.22. The summed E-state index contributed by atoms with van der Waals surface area (Å²) in [5, 5.41) is 0. The second-order valence-electron chi connectivity index (χ2n) is 4.49. The maximum absolute atomic E-state index is 11.8. The van der Waals surface area contributed by atoms with Crippen LogP contribution in [0, 0.1) is 0 Å². The number of carbonyl (C=O) groups excluding carboxylic acids is 2. The molecule has 4 nitrogen and oxygen atoms in total. The number of fused-ring (bicyclic) bond motifs is 1. The van der Waals surface area contributed by atoms with Gasteiger partial charge in [-0.15, -0.1) is 0 Å². The third-order valence-electron chi connectivity index (χ3n) is 3.40. The van der Waals surface area contributed by atoms with Crippen molar-refractivity contribution in [1.82, 2.24) is 9.47 Å². The van der Waals surface area contributed by atoms with Gasteiger partial charge < -0.3 is 9.47 Å². The van der Waals surface area contributed by atoms with E-state index in [2.05, 4.69) is 0 Å². The van der Waals surface area contributed by atoms with Crippen LogP contribution in [0.3, 0.4) is 0 Å². The Bertz CT molecular complexity index is 448. The van der Waals surface area contributed by atoms with Crippen LogP contribution in [-0.4, -0.2) is 34.7 Å². The van der Waals surface area contributed by atoms with Gasteiger partial charge in [0.2, 0.25) is 5.91 Å². The molecule has 1 aliphatic rings. The van der Waals surface area contributed by atoms with Gasteiger partial charge in [-0.1, -0.05) is 0 Å². The minimum absolute atomic E-state index is 0.0870. The zero-order valence-corrected chi connectivity index (χ0v) is 10.4. The van der Waals surface area contributed by atoms with Gasteiger partial charge in [0.1, 0.15) is 6.54 Å². The van der Waals surface area contributed by atoms with Crippen LogP contribution in [0.25, 0.3) is 0 Å². The molecule has 92 valence electrons. The van der Waals surface area contributed by atoms with Crippen molar-refractivity contribution < 1.29 is 9.59 Å². The molecule has 1 aliphatic carbocycles. The van der Waals surface area contributed by atoms with Crippen LogP contribution < -0.4 is 0 Å². The Morgan fingerprint density at radius 3 is 2.94 bits per heavy atom. The van der Waals surface area contributed by atoms with E-state index in [1.54, 1.807) is 11.9 Å². The van der Waals surface area contributed by atoms with E-state index in [0.29, 0.717) is 19.5 Å². The van der Waals surface area contributed by atoms with Crippen molar-refractivity contribution in [3.63, 3.8) is 0 Å². The molecule has 17 heavy (non-hydrogen) atoms. The smallest absolute Gasteiger partial charge is 0.242 e. The van der Waals surface area contributed by atoms with Gasteiger partial charge in [-0.2, -0.15) is 0 Å². The number of rotatable bonds is 3. The maximum Gasteiger partial charge on any atom is 0.242 e. The Morgan fingerprint density at radius 2 is 2.24 bits per heavy atom. The summed E-state index contributed by atoms with van der Waals surface area (Å²) in [4.78, 5) is 25.2. The molecule has 0 fully saturated rings. The summed E-state index contributed by atoms with van der Waals surface area (Å²) in [6.07, 6.45) is 4.29. The molecule has 0 saturated carbocycles. The number of amides is 1. The van der Waals surface area contributed by atoms with Gasteiger partial charge >= 0.3 is 0 Å². The van der Waals surface area contributed by atoms with E-state index in [1.807, 2.05) is 23.8 Å². The summed E-state index contributed by atoms with van der Waals surface area (Å²) in [6.45, 7) is 3.00. The molecule has 0 aliphatic heterocycles. The molecular formula is C13H18N2O2. The van der Waals surface area contributed by atoms with Gasteiger partial charge in [0.25, 0.3) is 0 Å². The normalized spacial score (nSPS) is 14.6. The number of nitrogens with zero attached hydrogens (tertiary/aromatic N) is 2. The van der Waals surface area contributed by atoms with Crippen LogP contribution in [0.4, 0.5) is 0 Å². The van der Waals surface area contributed by atoms with Crippen LogP contribution in [0.5, 0.6) is 0 Å². The van der Waals surface area contributed by atoms with Gasteiger partial charge in [0.15, 0.2) is 5.78 Å². The lowest BCUT2D eigenvalue weighted by Crippen LogP contribution is -2.30. The summed E-state index contributed by atoms with van der Waals surface area (Å²) in [5.41, 5.74) is 1.84. The molecule has 1 aromatic heterocycles. The summed E-state index contributed by atoms with van der Waals surface area (Å²) in [5.74, 6) is 0.296. The van der Waals surface area contributed by atoms with Crippen molar-refractivity contribution in [2.24, 2.45) is 0 Å². The van der Waals surface area contributed by atoms with Gasteiger partial charge in [0, 0.05) is 37.5 Å². The van der Waals surface area contributed by atoms with E-state index in [9.17, 15) is 9.59 Å². The molecule has 1 amide bonds. The predicted molar refractivity (Wildman–Crippen MR) is 65.0 cm³/mol. The monoisotopic (exact) mass is 234 g/mol. The van der Waals surface area contributed by atoms with Crippen molar-refractivity contribution in [2.75, 3.05) is 13.6 Å². The average molecular weight is 234 g/mol. The number of ketones is 1. The Hall–Kier alpha value is -1.58. The average Bonchev–Trinajstić information content (AvgIpc) is 2.73. The first-order chi connectivity index (χ1) is 8.13. The summed E-state index contributed by atoms with van der Waals surface area (Å²) in [7, 11) is 1.80. The van der Waals surface area contributed by atoms with Crippen molar-refractivity contribution in [3.05, 3.63) is 23.5 Å². The lowest BCUT2D eigenvalue weighted by molar-refractivity contribution is -0.130.